The van der Waals surface area contributed by atoms with Gasteiger partial charge < -0.3 is 14.8 Å². The molecule has 0 aromatic heterocycles. The number of amides is 1. The summed E-state index contributed by atoms with van der Waals surface area (Å²) in [5.41, 5.74) is 0.475. The summed E-state index contributed by atoms with van der Waals surface area (Å²) in [5.74, 6) is -1.52. The van der Waals surface area contributed by atoms with E-state index in [4.69, 9.17) is 4.74 Å². The Kier molecular flexibility index (Phi) is 6.62. The molecule has 1 amide bonds. The fourth-order valence-electron chi connectivity index (χ4n) is 1.49. The van der Waals surface area contributed by atoms with Gasteiger partial charge in [0.15, 0.2) is 6.61 Å². The van der Waals surface area contributed by atoms with Crippen molar-refractivity contribution in [2.75, 3.05) is 6.61 Å². The van der Waals surface area contributed by atoms with Crippen LogP contribution in [0.15, 0.2) is 30.3 Å². The SMILES string of the molecule is CC(C)NC(=O)COC(=O)/C=C/c1ccc(OC(F)(F)F)cc1. The van der Waals surface area contributed by atoms with E-state index in [-0.39, 0.29) is 11.8 Å². The number of benzene rings is 1. The summed E-state index contributed by atoms with van der Waals surface area (Å²) < 4.78 is 44.4. The molecule has 126 valence electrons. The zero-order chi connectivity index (χ0) is 17.5. The summed E-state index contributed by atoms with van der Waals surface area (Å²) in [4.78, 5) is 22.7. The second-order valence-corrected chi connectivity index (χ2v) is 4.78. The molecule has 0 fully saturated rings. The summed E-state index contributed by atoms with van der Waals surface area (Å²) in [7, 11) is 0. The number of halogens is 3. The van der Waals surface area contributed by atoms with Gasteiger partial charge in [0, 0.05) is 12.1 Å². The molecule has 0 aliphatic carbocycles. The molecule has 0 aliphatic heterocycles. The van der Waals surface area contributed by atoms with Crippen molar-refractivity contribution in [3.63, 3.8) is 0 Å². The van der Waals surface area contributed by atoms with Gasteiger partial charge in [0.2, 0.25) is 0 Å². The van der Waals surface area contributed by atoms with E-state index in [2.05, 4.69) is 10.1 Å². The summed E-state index contributed by atoms with van der Waals surface area (Å²) in [6.07, 6.45) is -2.33. The van der Waals surface area contributed by atoms with Gasteiger partial charge in [0.25, 0.3) is 5.91 Å². The van der Waals surface area contributed by atoms with Crippen molar-refractivity contribution in [3.05, 3.63) is 35.9 Å². The Morgan fingerprint density at radius 3 is 2.35 bits per heavy atom. The Hall–Kier alpha value is -2.51. The van der Waals surface area contributed by atoms with Crippen LogP contribution >= 0.6 is 0 Å². The van der Waals surface area contributed by atoms with Gasteiger partial charge in [-0.3, -0.25) is 4.79 Å². The molecule has 5 nitrogen and oxygen atoms in total. The van der Waals surface area contributed by atoms with Crippen LogP contribution < -0.4 is 10.1 Å². The van der Waals surface area contributed by atoms with Gasteiger partial charge in [0.05, 0.1) is 0 Å². The molecule has 1 rings (SSSR count). The Morgan fingerprint density at radius 1 is 1.22 bits per heavy atom. The maximum absolute atomic E-state index is 12.0. The lowest BCUT2D eigenvalue weighted by atomic mass is 10.2. The van der Waals surface area contributed by atoms with Gasteiger partial charge in [0.1, 0.15) is 5.75 Å². The Bertz CT molecular complexity index is 565. The first-order valence-electron chi connectivity index (χ1n) is 6.66. The van der Waals surface area contributed by atoms with Gasteiger partial charge in [-0.1, -0.05) is 12.1 Å². The normalized spacial score (nSPS) is 11.6. The number of rotatable bonds is 6. The van der Waals surface area contributed by atoms with Crippen LogP contribution in [0, 0.1) is 0 Å². The van der Waals surface area contributed by atoms with Gasteiger partial charge >= 0.3 is 12.3 Å². The van der Waals surface area contributed by atoms with Crippen LogP contribution in [0.1, 0.15) is 19.4 Å². The summed E-state index contributed by atoms with van der Waals surface area (Å²) in [5, 5.41) is 2.55. The topological polar surface area (TPSA) is 64.6 Å². The number of carbonyl (C=O) groups excluding carboxylic acids is 2. The molecule has 1 aromatic rings. The molecule has 0 bridgehead atoms. The molecule has 1 aromatic carbocycles. The third kappa shape index (κ3) is 8.50. The van der Waals surface area contributed by atoms with E-state index in [1.54, 1.807) is 13.8 Å². The maximum atomic E-state index is 12.0. The first-order chi connectivity index (χ1) is 10.7. The van der Waals surface area contributed by atoms with Crippen molar-refractivity contribution in [2.45, 2.75) is 26.3 Å². The molecule has 1 N–H and O–H groups in total. The van der Waals surface area contributed by atoms with Crippen molar-refractivity contribution in [3.8, 4) is 5.75 Å². The van der Waals surface area contributed by atoms with E-state index in [0.29, 0.717) is 5.56 Å². The molecule has 0 aliphatic rings. The second-order valence-electron chi connectivity index (χ2n) is 4.78. The minimum atomic E-state index is -4.75. The van der Waals surface area contributed by atoms with Gasteiger partial charge in [-0.05, 0) is 37.6 Å². The van der Waals surface area contributed by atoms with Crippen LogP contribution in [0.5, 0.6) is 5.75 Å². The molecular formula is C15H16F3NO4. The zero-order valence-corrected chi connectivity index (χ0v) is 12.5. The maximum Gasteiger partial charge on any atom is 0.573 e. The standard InChI is InChI=1S/C15H16F3NO4/c1-10(2)19-13(20)9-22-14(21)8-5-11-3-6-12(7-4-11)23-15(16,17)18/h3-8,10H,9H2,1-2H3,(H,19,20)/b8-5+. The molecular weight excluding hydrogens is 315 g/mol. The molecule has 23 heavy (non-hydrogen) atoms. The van der Waals surface area contributed by atoms with E-state index >= 15 is 0 Å². The van der Waals surface area contributed by atoms with Crippen LogP contribution in [0.2, 0.25) is 0 Å². The Labute approximate surface area is 131 Å². The highest BCUT2D eigenvalue weighted by Gasteiger charge is 2.30. The van der Waals surface area contributed by atoms with E-state index in [1.165, 1.54) is 18.2 Å². The third-order valence-electron chi connectivity index (χ3n) is 2.32. The molecule has 0 spiro atoms. The Balaban J connectivity index is 2.47. The summed E-state index contributed by atoms with van der Waals surface area (Å²) >= 11 is 0. The van der Waals surface area contributed by atoms with Crippen molar-refractivity contribution in [1.29, 1.82) is 0 Å². The lowest BCUT2D eigenvalue weighted by molar-refractivity contribution is -0.274. The molecule has 0 saturated heterocycles. The predicted octanol–water partition coefficient (Wildman–Crippen LogP) is 2.67. The van der Waals surface area contributed by atoms with Crippen LogP contribution in [0.4, 0.5) is 13.2 Å². The number of carbonyl (C=O) groups is 2. The van der Waals surface area contributed by atoms with Crippen LogP contribution in [-0.4, -0.2) is 30.9 Å². The fraction of sp³-hybridized carbons (Fsp3) is 0.333. The summed E-state index contributed by atoms with van der Waals surface area (Å²) in [6.45, 7) is 3.14. The minimum Gasteiger partial charge on any atom is -0.452 e. The van der Waals surface area contributed by atoms with Crippen molar-refractivity contribution in [1.82, 2.24) is 5.32 Å². The highest BCUT2D eigenvalue weighted by Crippen LogP contribution is 2.22. The quantitative estimate of drug-likeness (QED) is 0.643. The van der Waals surface area contributed by atoms with Crippen LogP contribution in [0.3, 0.4) is 0 Å². The van der Waals surface area contributed by atoms with E-state index in [1.807, 2.05) is 0 Å². The van der Waals surface area contributed by atoms with Crippen LogP contribution in [-0.2, 0) is 14.3 Å². The van der Waals surface area contributed by atoms with Gasteiger partial charge in [-0.15, -0.1) is 13.2 Å². The number of esters is 1. The van der Waals surface area contributed by atoms with Crippen molar-refractivity contribution in [2.24, 2.45) is 0 Å². The third-order valence-corrected chi connectivity index (χ3v) is 2.32. The van der Waals surface area contributed by atoms with Crippen LogP contribution in [0.25, 0.3) is 6.08 Å². The second kappa shape index (κ2) is 8.21. The monoisotopic (exact) mass is 331 g/mol. The van der Waals surface area contributed by atoms with Gasteiger partial charge in [-0.25, -0.2) is 4.79 Å². The van der Waals surface area contributed by atoms with E-state index in [9.17, 15) is 22.8 Å². The van der Waals surface area contributed by atoms with E-state index < -0.39 is 24.8 Å². The van der Waals surface area contributed by atoms with Crippen molar-refractivity contribution >= 4 is 18.0 Å². The minimum absolute atomic E-state index is 0.0609. The molecule has 0 saturated carbocycles. The highest BCUT2D eigenvalue weighted by molar-refractivity contribution is 5.89. The number of hydrogen-bond donors (Lipinski definition) is 1. The molecule has 0 atom stereocenters. The van der Waals surface area contributed by atoms with Gasteiger partial charge in [-0.2, -0.15) is 0 Å². The molecule has 0 heterocycles. The highest BCUT2D eigenvalue weighted by atomic mass is 19.4. The largest absolute Gasteiger partial charge is 0.573 e. The average molecular weight is 331 g/mol. The smallest absolute Gasteiger partial charge is 0.452 e. The zero-order valence-electron chi connectivity index (χ0n) is 12.5. The van der Waals surface area contributed by atoms with Crippen molar-refractivity contribution < 1.29 is 32.2 Å². The first-order valence-corrected chi connectivity index (χ1v) is 6.66. The van der Waals surface area contributed by atoms with E-state index in [0.717, 1.165) is 18.2 Å². The average Bonchev–Trinajstić information content (AvgIpc) is 2.42. The number of hydrogen-bond acceptors (Lipinski definition) is 4. The Morgan fingerprint density at radius 2 is 1.83 bits per heavy atom. The molecule has 0 unspecified atom stereocenters. The fourth-order valence-corrected chi connectivity index (χ4v) is 1.49. The predicted molar refractivity (Wildman–Crippen MR) is 76.4 cm³/mol. The summed E-state index contributed by atoms with van der Waals surface area (Å²) in [6, 6.07) is 4.87. The molecule has 8 heteroatoms. The number of alkyl halides is 3. The lowest BCUT2D eigenvalue weighted by Gasteiger charge is -2.08. The number of ether oxygens (including phenoxy) is 2. The number of nitrogens with one attached hydrogen (secondary N) is 1. The molecule has 0 radical (unpaired) electrons. The first kappa shape index (κ1) is 18.5. The lowest BCUT2D eigenvalue weighted by Crippen LogP contribution is -2.33.